The average molecular weight is 516 g/mol. The number of carboxylic acids is 1. The van der Waals surface area contributed by atoms with Gasteiger partial charge in [0.05, 0.1) is 5.02 Å². The number of rotatable bonds is 5. The lowest BCUT2D eigenvalue weighted by molar-refractivity contribution is 0.0681. The molecule has 32 heavy (non-hydrogen) atoms. The Bertz CT molecular complexity index is 1260. The Balaban J connectivity index is 1.96. The number of carboxylic acid groups (broad SMARTS) is 1. The Morgan fingerprint density at radius 2 is 1.22 bits per heavy atom. The number of phenolic OH excluding ortho intramolecular Hbond substituents is 1. The summed E-state index contributed by atoms with van der Waals surface area (Å²) < 4.78 is 10.4. The van der Waals surface area contributed by atoms with Gasteiger partial charge in [-0.05, 0) is 42.5 Å². The Morgan fingerprint density at radius 3 is 1.91 bits per heavy atom. The van der Waals surface area contributed by atoms with E-state index in [0.29, 0.717) is 0 Å². The summed E-state index contributed by atoms with van der Waals surface area (Å²) in [6.07, 6.45) is 0. The van der Waals surface area contributed by atoms with Crippen molar-refractivity contribution < 1.29 is 34.1 Å². The summed E-state index contributed by atoms with van der Waals surface area (Å²) in [4.78, 5) is 36.7. The third-order valence-corrected chi connectivity index (χ3v) is 4.97. The molecule has 0 heterocycles. The molecular formula is C21H10Cl4O7. The van der Waals surface area contributed by atoms with Crippen LogP contribution in [0, 0.1) is 0 Å². The predicted molar refractivity (Wildman–Crippen MR) is 118 cm³/mol. The third-order valence-electron chi connectivity index (χ3n) is 3.99. The minimum atomic E-state index is -1.35. The van der Waals surface area contributed by atoms with E-state index < -0.39 is 23.7 Å². The molecule has 164 valence electrons. The van der Waals surface area contributed by atoms with E-state index in [1.807, 2.05) is 0 Å². The average Bonchev–Trinajstić information content (AvgIpc) is 2.71. The molecule has 7 nitrogen and oxygen atoms in total. The van der Waals surface area contributed by atoms with Crippen LogP contribution in [0.2, 0.25) is 20.1 Å². The van der Waals surface area contributed by atoms with Gasteiger partial charge < -0.3 is 19.7 Å². The second-order valence-corrected chi connectivity index (χ2v) is 7.87. The molecule has 0 unspecified atom stereocenters. The minimum Gasteiger partial charge on any atom is -0.505 e. The first-order chi connectivity index (χ1) is 15.1. The fourth-order valence-electron chi connectivity index (χ4n) is 2.54. The van der Waals surface area contributed by atoms with Gasteiger partial charge in [-0.1, -0.05) is 46.4 Å². The summed E-state index contributed by atoms with van der Waals surface area (Å²) in [5.41, 5.74) is -0.962. The van der Waals surface area contributed by atoms with Crippen molar-refractivity contribution in [2.45, 2.75) is 0 Å². The van der Waals surface area contributed by atoms with Gasteiger partial charge in [-0.15, -0.1) is 0 Å². The number of ether oxygens (including phenoxy) is 2. The molecule has 0 amide bonds. The molecule has 0 saturated carbocycles. The molecule has 2 N–H and O–H groups in total. The first-order valence-corrected chi connectivity index (χ1v) is 10.0. The van der Waals surface area contributed by atoms with Gasteiger partial charge in [-0.25, -0.2) is 14.4 Å². The van der Waals surface area contributed by atoms with E-state index in [1.54, 1.807) is 0 Å². The maximum absolute atomic E-state index is 12.8. The lowest BCUT2D eigenvalue weighted by Crippen LogP contribution is -2.16. The molecule has 0 spiro atoms. The number of aromatic carboxylic acids is 1. The number of halogens is 4. The lowest BCUT2D eigenvalue weighted by atomic mass is 10.1. The zero-order valence-corrected chi connectivity index (χ0v) is 18.6. The van der Waals surface area contributed by atoms with Crippen LogP contribution in [0.15, 0.2) is 48.5 Å². The molecule has 3 rings (SSSR count). The number of aromatic hydroxyl groups is 1. The molecule has 0 saturated heterocycles. The van der Waals surface area contributed by atoms with Crippen molar-refractivity contribution in [1.29, 1.82) is 0 Å². The Kier molecular flexibility index (Phi) is 7.16. The molecule has 3 aromatic carbocycles. The number of carbonyl (C=O) groups excluding carboxylic acids is 2. The first kappa shape index (κ1) is 23.7. The van der Waals surface area contributed by atoms with Gasteiger partial charge in [-0.2, -0.15) is 0 Å². The smallest absolute Gasteiger partial charge is 0.347 e. The van der Waals surface area contributed by atoms with Crippen LogP contribution >= 0.6 is 46.4 Å². The van der Waals surface area contributed by atoms with E-state index in [-0.39, 0.29) is 48.3 Å². The number of esters is 2. The topological polar surface area (TPSA) is 110 Å². The lowest BCUT2D eigenvalue weighted by Gasteiger charge is -2.13. The molecule has 0 fully saturated rings. The van der Waals surface area contributed by atoms with Gasteiger partial charge in [0.1, 0.15) is 33.9 Å². The van der Waals surface area contributed by atoms with E-state index in [9.17, 15) is 24.6 Å². The summed E-state index contributed by atoms with van der Waals surface area (Å²) in [5.74, 6) is -4.67. The summed E-state index contributed by atoms with van der Waals surface area (Å²) in [6.45, 7) is 0. The molecule has 0 aromatic heterocycles. The van der Waals surface area contributed by atoms with E-state index >= 15 is 0 Å². The largest absolute Gasteiger partial charge is 0.505 e. The number of hydrogen-bond acceptors (Lipinski definition) is 6. The van der Waals surface area contributed by atoms with Crippen LogP contribution in [-0.2, 0) is 0 Å². The first-order valence-electron chi connectivity index (χ1n) is 8.51. The molecule has 0 bridgehead atoms. The van der Waals surface area contributed by atoms with E-state index in [0.717, 1.165) is 24.3 Å². The van der Waals surface area contributed by atoms with Crippen molar-refractivity contribution in [3.05, 3.63) is 85.3 Å². The van der Waals surface area contributed by atoms with Gasteiger partial charge >= 0.3 is 17.9 Å². The van der Waals surface area contributed by atoms with Crippen molar-refractivity contribution in [2.75, 3.05) is 0 Å². The molecule has 11 heteroatoms. The Labute approximate surface area is 200 Å². The van der Waals surface area contributed by atoms with Gasteiger partial charge in [-0.3, -0.25) is 0 Å². The fourth-order valence-corrected chi connectivity index (χ4v) is 3.37. The van der Waals surface area contributed by atoms with Crippen LogP contribution in [0.4, 0.5) is 0 Å². The summed E-state index contributed by atoms with van der Waals surface area (Å²) in [6, 6.07) is 9.70. The normalized spacial score (nSPS) is 10.5. The van der Waals surface area contributed by atoms with Gasteiger partial charge in [0.2, 0.25) is 0 Å². The number of hydrogen-bond donors (Lipinski definition) is 2. The summed E-state index contributed by atoms with van der Waals surface area (Å²) in [5, 5.41) is 19.4. The highest BCUT2D eigenvalue weighted by molar-refractivity contribution is 6.36. The number of benzene rings is 3. The van der Waals surface area contributed by atoms with Crippen molar-refractivity contribution in [2.24, 2.45) is 0 Å². The van der Waals surface area contributed by atoms with E-state index in [2.05, 4.69) is 0 Å². The van der Waals surface area contributed by atoms with Crippen molar-refractivity contribution in [3.63, 3.8) is 0 Å². The highest BCUT2D eigenvalue weighted by Gasteiger charge is 2.23. The molecule has 0 aliphatic heterocycles. The van der Waals surface area contributed by atoms with Crippen LogP contribution < -0.4 is 9.47 Å². The van der Waals surface area contributed by atoms with Crippen molar-refractivity contribution in [3.8, 4) is 17.2 Å². The highest BCUT2D eigenvalue weighted by Crippen LogP contribution is 2.33. The molecule has 0 aliphatic rings. The fraction of sp³-hybridized carbons (Fsp3) is 0. The molecule has 0 atom stereocenters. The van der Waals surface area contributed by atoms with Gasteiger partial charge in [0.15, 0.2) is 0 Å². The zero-order chi connectivity index (χ0) is 23.6. The maximum Gasteiger partial charge on any atom is 0.347 e. The third kappa shape index (κ3) is 5.26. The second kappa shape index (κ2) is 9.67. The van der Waals surface area contributed by atoms with Crippen LogP contribution in [0.3, 0.4) is 0 Å². The minimum absolute atomic E-state index is 0.0673. The summed E-state index contributed by atoms with van der Waals surface area (Å²) in [7, 11) is 0. The van der Waals surface area contributed by atoms with E-state index in [1.165, 1.54) is 24.3 Å². The molecular weight excluding hydrogens is 506 g/mol. The predicted octanol–water partition coefficient (Wildman–Crippen LogP) is 6.14. The molecule has 3 aromatic rings. The van der Waals surface area contributed by atoms with Crippen LogP contribution in [0.1, 0.15) is 31.1 Å². The van der Waals surface area contributed by atoms with Gasteiger partial charge in [0, 0.05) is 21.1 Å². The highest BCUT2D eigenvalue weighted by atomic mass is 35.5. The van der Waals surface area contributed by atoms with Crippen LogP contribution in [0.25, 0.3) is 0 Å². The quantitative estimate of drug-likeness (QED) is 0.310. The SMILES string of the molecule is O=C(O)c1ccc(Cl)cc1OC(=O)c1cc(Cl)ccc1OC(=O)c1cc(Cl)cc(Cl)c1O. The number of phenols is 1. The van der Waals surface area contributed by atoms with Crippen molar-refractivity contribution >= 4 is 64.3 Å². The van der Waals surface area contributed by atoms with Crippen LogP contribution in [0.5, 0.6) is 17.2 Å². The monoisotopic (exact) mass is 514 g/mol. The van der Waals surface area contributed by atoms with Crippen LogP contribution in [-0.4, -0.2) is 28.1 Å². The second-order valence-electron chi connectivity index (χ2n) is 6.15. The maximum atomic E-state index is 12.8. The van der Waals surface area contributed by atoms with Crippen molar-refractivity contribution in [1.82, 2.24) is 0 Å². The van der Waals surface area contributed by atoms with E-state index in [4.69, 9.17) is 55.9 Å². The Hall–Kier alpha value is -2.97. The zero-order valence-electron chi connectivity index (χ0n) is 15.6. The van der Waals surface area contributed by atoms with Gasteiger partial charge in [0.25, 0.3) is 0 Å². The Morgan fingerprint density at radius 1 is 0.656 bits per heavy atom. The summed E-state index contributed by atoms with van der Waals surface area (Å²) >= 11 is 23.5. The molecule has 0 aliphatic carbocycles. The standard InChI is InChI=1S/C21H10Cl4O7/c22-9-2-4-16(31-21(30)14-6-11(24)7-15(25)18(14)26)13(5-9)20(29)32-17-8-10(23)1-3-12(17)19(27)28/h1-8,26H,(H,27,28). The number of carbonyl (C=O) groups is 3. The molecule has 0 radical (unpaired) electrons.